The van der Waals surface area contributed by atoms with Gasteiger partial charge in [0, 0.05) is 18.3 Å². The number of aromatic nitrogens is 2. The number of pyridine rings is 2. The van der Waals surface area contributed by atoms with Crippen LogP contribution in [-0.4, -0.2) is 16.5 Å². The molecule has 0 amide bonds. The van der Waals surface area contributed by atoms with Crippen molar-refractivity contribution in [2.45, 2.75) is 20.4 Å². The highest BCUT2D eigenvalue weighted by Crippen LogP contribution is 2.25. The Bertz CT molecular complexity index is 560. The molecule has 19 heavy (non-hydrogen) atoms. The highest BCUT2D eigenvalue weighted by atomic mass is 19.1. The molecule has 0 fully saturated rings. The average molecular weight is 261 g/mol. The molecule has 0 aliphatic rings. The van der Waals surface area contributed by atoms with Crippen LogP contribution in [0.15, 0.2) is 30.6 Å². The van der Waals surface area contributed by atoms with Gasteiger partial charge in [0.05, 0.1) is 11.9 Å². The molecule has 0 aromatic carbocycles. The predicted molar refractivity (Wildman–Crippen MR) is 70.6 cm³/mol. The Kier molecular flexibility index (Phi) is 4.41. The van der Waals surface area contributed by atoms with Crippen LogP contribution in [0.2, 0.25) is 0 Å². The predicted octanol–water partition coefficient (Wildman–Crippen LogP) is 2.83. The number of ether oxygens (including phenoxy) is 1. The van der Waals surface area contributed by atoms with Crippen molar-refractivity contribution in [3.8, 4) is 11.6 Å². The molecule has 0 spiro atoms. The van der Waals surface area contributed by atoms with Gasteiger partial charge in [-0.3, -0.25) is 4.98 Å². The van der Waals surface area contributed by atoms with E-state index in [0.717, 1.165) is 18.4 Å². The van der Waals surface area contributed by atoms with E-state index in [0.29, 0.717) is 23.7 Å². The van der Waals surface area contributed by atoms with Crippen LogP contribution in [-0.2, 0) is 6.54 Å². The standard InChI is InChI=1S/C14H16FN3O/c1-3-16-8-11-7-12(15)9-18-14(11)19-13-5-4-6-17-10(13)2/h4-7,9,16H,3,8H2,1-2H3. The van der Waals surface area contributed by atoms with Crippen LogP contribution in [0, 0.1) is 12.7 Å². The molecule has 100 valence electrons. The van der Waals surface area contributed by atoms with Crippen LogP contribution in [0.25, 0.3) is 0 Å². The Balaban J connectivity index is 2.26. The third-order valence-electron chi connectivity index (χ3n) is 2.62. The highest BCUT2D eigenvalue weighted by Gasteiger charge is 2.09. The molecule has 0 radical (unpaired) electrons. The summed E-state index contributed by atoms with van der Waals surface area (Å²) < 4.78 is 18.9. The van der Waals surface area contributed by atoms with Crippen molar-refractivity contribution in [3.63, 3.8) is 0 Å². The van der Waals surface area contributed by atoms with Crippen LogP contribution >= 0.6 is 0 Å². The third-order valence-corrected chi connectivity index (χ3v) is 2.62. The zero-order chi connectivity index (χ0) is 13.7. The number of rotatable bonds is 5. The largest absolute Gasteiger partial charge is 0.437 e. The third kappa shape index (κ3) is 3.48. The summed E-state index contributed by atoms with van der Waals surface area (Å²) in [6, 6.07) is 5.02. The second-order valence-electron chi connectivity index (χ2n) is 4.09. The highest BCUT2D eigenvalue weighted by molar-refractivity contribution is 5.34. The molecular weight excluding hydrogens is 245 g/mol. The lowest BCUT2D eigenvalue weighted by Crippen LogP contribution is -2.13. The van der Waals surface area contributed by atoms with Gasteiger partial charge in [0.25, 0.3) is 0 Å². The Morgan fingerprint density at radius 3 is 2.95 bits per heavy atom. The van der Waals surface area contributed by atoms with Crippen molar-refractivity contribution < 1.29 is 9.13 Å². The van der Waals surface area contributed by atoms with E-state index >= 15 is 0 Å². The maximum absolute atomic E-state index is 13.2. The molecule has 0 unspecified atom stereocenters. The monoisotopic (exact) mass is 261 g/mol. The molecule has 0 saturated carbocycles. The lowest BCUT2D eigenvalue weighted by atomic mass is 10.2. The van der Waals surface area contributed by atoms with Gasteiger partial charge >= 0.3 is 0 Å². The van der Waals surface area contributed by atoms with Gasteiger partial charge in [0.2, 0.25) is 5.88 Å². The second-order valence-corrected chi connectivity index (χ2v) is 4.09. The molecule has 2 rings (SSSR count). The number of nitrogens with one attached hydrogen (secondary N) is 1. The van der Waals surface area contributed by atoms with Crippen LogP contribution in [0.3, 0.4) is 0 Å². The zero-order valence-electron chi connectivity index (χ0n) is 11.0. The van der Waals surface area contributed by atoms with Gasteiger partial charge in [-0.05, 0) is 31.7 Å². The van der Waals surface area contributed by atoms with Crippen molar-refractivity contribution in [3.05, 3.63) is 47.7 Å². The molecule has 0 saturated heterocycles. The van der Waals surface area contributed by atoms with E-state index in [-0.39, 0.29) is 5.82 Å². The van der Waals surface area contributed by atoms with Crippen LogP contribution in [0.4, 0.5) is 4.39 Å². The van der Waals surface area contributed by atoms with Gasteiger partial charge in [-0.15, -0.1) is 0 Å². The van der Waals surface area contributed by atoms with E-state index in [4.69, 9.17) is 4.74 Å². The van der Waals surface area contributed by atoms with Gasteiger partial charge in [-0.2, -0.15) is 0 Å². The first-order chi connectivity index (χ1) is 9.20. The fourth-order valence-electron chi connectivity index (χ4n) is 1.63. The van der Waals surface area contributed by atoms with Crippen LogP contribution in [0.1, 0.15) is 18.2 Å². The van der Waals surface area contributed by atoms with E-state index in [1.807, 2.05) is 19.9 Å². The fourth-order valence-corrected chi connectivity index (χ4v) is 1.63. The number of nitrogens with zero attached hydrogens (tertiary/aromatic N) is 2. The smallest absolute Gasteiger partial charge is 0.224 e. The summed E-state index contributed by atoms with van der Waals surface area (Å²) in [4.78, 5) is 8.14. The number of hydrogen-bond donors (Lipinski definition) is 1. The number of aryl methyl sites for hydroxylation is 1. The van der Waals surface area contributed by atoms with Crippen LogP contribution in [0.5, 0.6) is 11.6 Å². The van der Waals surface area contributed by atoms with Gasteiger partial charge in [-0.25, -0.2) is 9.37 Å². The fraction of sp³-hybridized carbons (Fsp3) is 0.286. The Morgan fingerprint density at radius 2 is 2.21 bits per heavy atom. The normalized spacial score (nSPS) is 10.5. The Labute approximate surface area is 111 Å². The maximum atomic E-state index is 13.2. The molecule has 1 N–H and O–H groups in total. The van der Waals surface area contributed by atoms with Crippen molar-refractivity contribution in [1.82, 2.24) is 15.3 Å². The second kappa shape index (κ2) is 6.24. The summed E-state index contributed by atoms with van der Waals surface area (Å²) in [6.45, 7) is 5.14. The van der Waals surface area contributed by atoms with E-state index < -0.39 is 0 Å². The molecule has 0 atom stereocenters. The Morgan fingerprint density at radius 1 is 1.37 bits per heavy atom. The summed E-state index contributed by atoms with van der Waals surface area (Å²) in [6.07, 6.45) is 2.84. The van der Waals surface area contributed by atoms with Crippen molar-refractivity contribution >= 4 is 0 Å². The van der Waals surface area contributed by atoms with Crippen molar-refractivity contribution in [2.24, 2.45) is 0 Å². The van der Waals surface area contributed by atoms with E-state index in [1.165, 1.54) is 6.07 Å². The minimum atomic E-state index is -0.372. The van der Waals surface area contributed by atoms with Crippen LogP contribution < -0.4 is 10.1 Å². The van der Waals surface area contributed by atoms with Gasteiger partial charge in [0.1, 0.15) is 5.82 Å². The summed E-state index contributed by atoms with van der Waals surface area (Å²) in [5.74, 6) is 0.654. The van der Waals surface area contributed by atoms with Crippen molar-refractivity contribution in [1.29, 1.82) is 0 Å². The van der Waals surface area contributed by atoms with Gasteiger partial charge < -0.3 is 10.1 Å². The summed E-state index contributed by atoms with van der Waals surface area (Å²) in [7, 11) is 0. The lowest BCUT2D eigenvalue weighted by Gasteiger charge is -2.11. The summed E-state index contributed by atoms with van der Waals surface area (Å²) >= 11 is 0. The van der Waals surface area contributed by atoms with Crippen molar-refractivity contribution in [2.75, 3.05) is 6.54 Å². The minimum absolute atomic E-state index is 0.372. The first-order valence-electron chi connectivity index (χ1n) is 6.15. The number of halogens is 1. The molecule has 2 aromatic heterocycles. The Hall–Kier alpha value is -2.01. The lowest BCUT2D eigenvalue weighted by molar-refractivity contribution is 0.443. The molecule has 2 aromatic rings. The average Bonchev–Trinajstić information content (AvgIpc) is 2.41. The maximum Gasteiger partial charge on any atom is 0.224 e. The van der Waals surface area contributed by atoms with E-state index in [9.17, 15) is 4.39 Å². The SMILES string of the molecule is CCNCc1cc(F)cnc1Oc1cccnc1C. The van der Waals surface area contributed by atoms with Gasteiger partial charge in [-0.1, -0.05) is 6.92 Å². The molecule has 0 aliphatic carbocycles. The molecule has 0 bridgehead atoms. The molecule has 4 nitrogen and oxygen atoms in total. The van der Waals surface area contributed by atoms with E-state index in [2.05, 4.69) is 15.3 Å². The molecule has 0 aliphatic heterocycles. The zero-order valence-corrected chi connectivity index (χ0v) is 11.0. The quantitative estimate of drug-likeness (QED) is 0.899. The topological polar surface area (TPSA) is 47.0 Å². The minimum Gasteiger partial charge on any atom is -0.437 e. The first kappa shape index (κ1) is 13.4. The van der Waals surface area contributed by atoms with E-state index in [1.54, 1.807) is 12.3 Å². The summed E-state index contributed by atoms with van der Waals surface area (Å²) in [5, 5.41) is 3.13. The molecule has 2 heterocycles. The first-order valence-corrected chi connectivity index (χ1v) is 6.15. The summed E-state index contributed by atoms with van der Waals surface area (Å²) in [5.41, 5.74) is 1.45. The molecule has 5 heteroatoms. The van der Waals surface area contributed by atoms with Gasteiger partial charge in [0.15, 0.2) is 5.75 Å². The number of hydrogen-bond acceptors (Lipinski definition) is 4. The molecular formula is C14H16FN3O.